The minimum Gasteiger partial charge on any atom is -0.444 e. The van der Waals surface area contributed by atoms with Crippen LogP contribution in [0.3, 0.4) is 0 Å². The van der Waals surface area contributed by atoms with Gasteiger partial charge in [-0.05, 0) is 37.8 Å². The molecule has 96 valence electrons. The number of carbonyl (C=O) groups is 1. The fraction of sp³-hybridized carbons (Fsp3) is 0.545. The molecule has 1 aromatic heterocycles. The lowest BCUT2D eigenvalue weighted by atomic mass is 10.2. The van der Waals surface area contributed by atoms with E-state index in [0.29, 0.717) is 10.9 Å². The molecular weight excluding hydrogens is 260 g/mol. The smallest absolute Gasteiger partial charge is 0.407 e. The third-order valence-corrected chi connectivity index (χ3v) is 2.99. The Morgan fingerprint density at radius 1 is 1.65 bits per heavy atom. The molecule has 0 saturated heterocycles. The minimum atomic E-state index is -0.500. The Kier molecular flexibility index (Phi) is 4.80. The van der Waals surface area contributed by atoms with Gasteiger partial charge in [0, 0.05) is 12.6 Å². The summed E-state index contributed by atoms with van der Waals surface area (Å²) in [6.45, 7) is 5.75. The molecule has 0 saturated carbocycles. The lowest BCUT2D eigenvalue weighted by Gasteiger charge is -2.20. The molecule has 0 aliphatic heterocycles. The van der Waals surface area contributed by atoms with Gasteiger partial charge in [0.1, 0.15) is 5.60 Å². The number of alkyl carbamates (subject to hydrolysis) is 1. The lowest BCUT2D eigenvalue weighted by molar-refractivity contribution is 0.0524. The number of thiophene rings is 1. The maximum atomic E-state index is 11.4. The van der Waals surface area contributed by atoms with E-state index in [2.05, 4.69) is 5.32 Å². The van der Waals surface area contributed by atoms with E-state index in [4.69, 9.17) is 22.1 Å². The largest absolute Gasteiger partial charge is 0.444 e. The summed E-state index contributed by atoms with van der Waals surface area (Å²) in [5.41, 5.74) is 6.31. The number of amides is 1. The quantitative estimate of drug-likeness (QED) is 0.892. The van der Waals surface area contributed by atoms with Crippen LogP contribution in [-0.4, -0.2) is 18.2 Å². The van der Waals surface area contributed by atoms with Gasteiger partial charge in [-0.25, -0.2) is 4.79 Å². The summed E-state index contributed by atoms with van der Waals surface area (Å²) < 4.78 is 5.79. The molecule has 1 unspecified atom stereocenters. The van der Waals surface area contributed by atoms with E-state index >= 15 is 0 Å². The van der Waals surface area contributed by atoms with Crippen molar-refractivity contribution in [3.63, 3.8) is 0 Å². The second-order valence-corrected chi connectivity index (χ2v) is 6.22. The molecule has 3 N–H and O–H groups in total. The number of hydrogen-bond donors (Lipinski definition) is 2. The van der Waals surface area contributed by atoms with Crippen molar-refractivity contribution in [3.8, 4) is 0 Å². The highest BCUT2D eigenvalue weighted by molar-refractivity contribution is 7.14. The van der Waals surface area contributed by atoms with Gasteiger partial charge in [0.25, 0.3) is 0 Å². The number of nitrogens with two attached hydrogens (primary N) is 1. The second-order valence-electron chi connectivity index (χ2n) is 4.67. The Morgan fingerprint density at radius 2 is 2.29 bits per heavy atom. The summed E-state index contributed by atoms with van der Waals surface area (Å²) in [7, 11) is 0. The third kappa shape index (κ3) is 5.39. The molecule has 6 heteroatoms. The molecule has 0 aromatic carbocycles. The number of halogens is 1. The van der Waals surface area contributed by atoms with Crippen LogP contribution in [0.15, 0.2) is 11.4 Å². The maximum absolute atomic E-state index is 11.4. The van der Waals surface area contributed by atoms with Crippen molar-refractivity contribution in [2.45, 2.75) is 32.4 Å². The molecule has 0 bridgehead atoms. The Balaban J connectivity index is 2.38. The summed E-state index contributed by atoms with van der Waals surface area (Å²) in [5, 5.41) is 4.50. The molecular formula is C11H17ClN2O2S. The highest BCUT2D eigenvalue weighted by atomic mass is 35.5. The van der Waals surface area contributed by atoms with Gasteiger partial charge in [0.2, 0.25) is 0 Å². The molecule has 0 radical (unpaired) electrons. The van der Waals surface area contributed by atoms with Crippen molar-refractivity contribution in [2.75, 3.05) is 6.54 Å². The van der Waals surface area contributed by atoms with Crippen LogP contribution in [0.4, 0.5) is 4.79 Å². The molecule has 0 aliphatic rings. The fourth-order valence-corrected chi connectivity index (χ4v) is 2.10. The van der Waals surface area contributed by atoms with Crippen LogP contribution in [0.25, 0.3) is 0 Å². The zero-order valence-electron chi connectivity index (χ0n) is 10.1. The zero-order chi connectivity index (χ0) is 13.1. The lowest BCUT2D eigenvalue weighted by Crippen LogP contribution is -2.36. The van der Waals surface area contributed by atoms with Crippen LogP contribution in [-0.2, 0) is 4.74 Å². The highest BCUT2D eigenvalue weighted by Gasteiger charge is 2.17. The summed E-state index contributed by atoms with van der Waals surface area (Å²) >= 11 is 7.22. The molecule has 1 amide bonds. The topological polar surface area (TPSA) is 64.3 Å². The Bertz CT molecular complexity index is 387. The van der Waals surface area contributed by atoms with Crippen LogP contribution in [0.5, 0.6) is 0 Å². The number of hydrogen-bond acceptors (Lipinski definition) is 4. The molecule has 1 heterocycles. The first-order valence-corrected chi connectivity index (χ1v) is 6.50. The average molecular weight is 277 g/mol. The molecule has 1 aromatic rings. The molecule has 0 spiro atoms. The monoisotopic (exact) mass is 276 g/mol. The van der Waals surface area contributed by atoms with Crippen LogP contribution in [0, 0.1) is 0 Å². The first-order valence-electron chi connectivity index (χ1n) is 5.24. The summed E-state index contributed by atoms with van der Waals surface area (Å²) in [4.78, 5) is 11.4. The zero-order valence-corrected chi connectivity index (χ0v) is 11.7. The SMILES string of the molecule is CC(C)(C)OC(=O)NCC(N)c1csc(Cl)c1. The van der Waals surface area contributed by atoms with Crippen LogP contribution >= 0.6 is 22.9 Å². The van der Waals surface area contributed by atoms with Crippen molar-refractivity contribution < 1.29 is 9.53 Å². The van der Waals surface area contributed by atoms with Gasteiger partial charge in [-0.2, -0.15) is 0 Å². The minimum absolute atomic E-state index is 0.272. The van der Waals surface area contributed by atoms with Gasteiger partial charge in [-0.1, -0.05) is 11.6 Å². The van der Waals surface area contributed by atoms with Gasteiger partial charge in [-0.15, -0.1) is 11.3 Å². The van der Waals surface area contributed by atoms with Gasteiger partial charge in [-0.3, -0.25) is 0 Å². The number of ether oxygens (including phenoxy) is 1. The Morgan fingerprint density at radius 3 is 2.76 bits per heavy atom. The van der Waals surface area contributed by atoms with E-state index in [-0.39, 0.29) is 6.04 Å². The molecule has 17 heavy (non-hydrogen) atoms. The van der Waals surface area contributed by atoms with Crippen LogP contribution in [0.2, 0.25) is 4.34 Å². The standard InChI is InChI=1S/C11H17ClN2O2S/c1-11(2,3)16-10(15)14-5-8(13)7-4-9(12)17-6-7/h4,6,8H,5,13H2,1-3H3,(H,14,15). The number of nitrogens with one attached hydrogen (secondary N) is 1. The summed E-state index contributed by atoms with van der Waals surface area (Å²) in [6.07, 6.45) is -0.464. The van der Waals surface area contributed by atoms with Gasteiger partial charge < -0.3 is 15.8 Å². The molecule has 0 fully saturated rings. The molecule has 0 aliphatic carbocycles. The predicted molar refractivity (Wildman–Crippen MR) is 70.5 cm³/mol. The summed E-state index contributed by atoms with van der Waals surface area (Å²) in [5.74, 6) is 0. The molecule has 1 atom stereocenters. The van der Waals surface area contributed by atoms with E-state index in [1.54, 1.807) is 6.07 Å². The molecule has 4 nitrogen and oxygen atoms in total. The first kappa shape index (κ1) is 14.3. The number of carbonyl (C=O) groups excluding carboxylic acids is 1. The normalized spacial score (nSPS) is 13.2. The van der Waals surface area contributed by atoms with E-state index in [0.717, 1.165) is 5.56 Å². The van der Waals surface area contributed by atoms with Gasteiger partial charge in [0.05, 0.1) is 4.34 Å². The van der Waals surface area contributed by atoms with Crippen molar-refractivity contribution in [2.24, 2.45) is 5.73 Å². The Labute approximate surface area is 110 Å². The predicted octanol–water partition coefficient (Wildman–Crippen LogP) is 2.93. The van der Waals surface area contributed by atoms with Gasteiger partial charge in [0.15, 0.2) is 0 Å². The van der Waals surface area contributed by atoms with Crippen molar-refractivity contribution >= 4 is 29.0 Å². The van der Waals surface area contributed by atoms with Crippen LogP contribution in [0.1, 0.15) is 32.4 Å². The first-order chi connectivity index (χ1) is 7.78. The molecule has 1 rings (SSSR count). The van der Waals surface area contributed by atoms with Gasteiger partial charge >= 0.3 is 6.09 Å². The van der Waals surface area contributed by atoms with Crippen molar-refractivity contribution in [1.29, 1.82) is 0 Å². The van der Waals surface area contributed by atoms with Crippen molar-refractivity contribution in [3.05, 3.63) is 21.3 Å². The third-order valence-electron chi connectivity index (χ3n) is 1.88. The average Bonchev–Trinajstić information content (AvgIpc) is 2.58. The fourth-order valence-electron chi connectivity index (χ4n) is 1.14. The van der Waals surface area contributed by atoms with E-state index in [1.807, 2.05) is 26.2 Å². The Hall–Kier alpha value is -0.780. The van der Waals surface area contributed by atoms with E-state index in [1.165, 1.54) is 11.3 Å². The second kappa shape index (κ2) is 5.71. The van der Waals surface area contributed by atoms with E-state index in [9.17, 15) is 4.79 Å². The van der Waals surface area contributed by atoms with E-state index < -0.39 is 11.7 Å². The highest BCUT2D eigenvalue weighted by Crippen LogP contribution is 2.23. The number of rotatable bonds is 3. The van der Waals surface area contributed by atoms with Crippen molar-refractivity contribution in [1.82, 2.24) is 5.32 Å². The summed E-state index contributed by atoms with van der Waals surface area (Å²) in [6, 6.07) is 1.53. The van der Waals surface area contributed by atoms with Crippen LogP contribution < -0.4 is 11.1 Å². The maximum Gasteiger partial charge on any atom is 0.407 e.